The van der Waals surface area contributed by atoms with Gasteiger partial charge in [0.15, 0.2) is 0 Å². The molecule has 1 heterocycles. The van der Waals surface area contributed by atoms with Crippen molar-refractivity contribution in [1.82, 2.24) is 0 Å². The Labute approximate surface area is 363 Å². The van der Waals surface area contributed by atoms with Crippen molar-refractivity contribution in [3.05, 3.63) is 222 Å². The minimum Gasteiger partial charge on any atom is -0.456 e. The maximum atomic E-state index is 6.71. The Hall–Kier alpha value is -7.42. The highest BCUT2D eigenvalue weighted by molar-refractivity contribution is 6.18. The molecular weight excluding hydrogens is 751 g/mol. The predicted octanol–water partition coefficient (Wildman–Crippen LogP) is 16.7. The molecule has 2 aliphatic carbocycles. The fourth-order valence-corrected chi connectivity index (χ4v) is 10.7. The van der Waals surface area contributed by atoms with E-state index in [9.17, 15) is 0 Å². The van der Waals surface area contributed by atoms with E-state index in [0.29, 0.717) is 0 Å². The first kappa shape index (κ1) is 36.4. The summed E-state index contributed by atoms with van der Waals surface area (Å²) in [5.74, 6) is 0. The average Bonchev–Trinajstić information content (AvgIpc) is 3.88. The second-order valence-electron chi connectivity index (χ2n) is 18.1. The van der Waals surface area contributed by atoms with E-state index in [1.807, 2.05) is 0 Å². The first-order valence-corrected chi connectivity index (χ1v) is 21.8. The molecule has 0 fully saturated rings. The molecule has 0 aliphatic heterocycles. The summed E-state index contributed by atoms with van der Waals surface area (Å²) in [4.78, 5) is 2.45. The van der Waals surface area contributed by atoms with Gasteiger partial charge >= 0.3 is 0 Å². The van der Waals surface area contributed by atoms with Crippen LogP contribution in [0.2, 0.25) is 0 Å². The van der Waals surface area contributed by atoms with Crippen LogP contribution < -0.4 is 4.90 Å². The van der Waals surface area contributed by atoms with E-state index in [-0.39, 0.29) is 10.8 Å². The lowest BCUT2D eigenvalue weighted by molar-refractivity contribution is 0.647. The van der Waals surface area contributed by atoms with Crippen LogP contribution in [0, 0.1) is 0 Å². The third kappa shape index (κ3) is 5.43. The Bertz CT molecular complexity index is 3370. The Balaban J connectivity index is 1.05. The van der Waals surface area contributed by atoms with Crippen LogP contribution in [0.4, 0.5) is 17.1 Å². The van der Waals surface area contributed by atoms with E-state index in [0.717, 1.165) is 33.6 Å². The first-order chi connectivity index (χ1) is 30.3. The van der Waals surface area contributed by atoms with Gasteiger partial charge in [0.2, 0.25) is 0 Å². The van der Waals surface area contributed by atoms with Gasteiger partial charge in [-0.2, -0.15) is 0 Å². The van der Waals surface area contributed by atoms with Crippen LogP contribution in [0.1, 0.15) is 49.9 Å². The number of para-hydroxylation sites is 1. The summed E-state index contributed by atoms with van der Waals surface area (Å²) in [6.45, 7) is 9.49. The highest BCUT2D eigenvalue weighted by Gasteiger charge is 2.40. The van der Waals surface area contributed by atoms with Gasteiger partial charge in [0, 0.05) is 44.2 Å². The number of hydrogen-bond donors (Lipinski definition) is 0. The van der Waals surface area contributed by atoms with Crippen molar-refractivity contribution in [2.75, 3.05) is 4.90 Å². The van der Waals surface area contributed by atoms with Crippen LogP contribution in [-0.2, 0) is 10.8 Å². The molecule has 0 unspecified atom stereocenters. The molecule has 0 bridgehead atoms. The molecule has 296 valence electrons. The zero-order valence-electron chi connectivity index (χ0n) is 35.4. The maximum absolute atomic E-state index is 6.71. The number of hydrogen-bond acceptors (Lipinski definition) is 2. The first-order valence-electron chi connectivity index (χ1n) is 21.8. The molecule has 0 N–H and O–H groups in total. The fourth-order valence-electron chi connectivity index (χ4n) is 10.7. The molecule has 12 rings (SSSR count). The van der Waals surface area contributed by atoms with Crippen molar-refractivity contribution in [2.45, 2.75) is 38.5 Å². The number of furan rings is 1. The molecule has 2 nitrogen and oxygen atoms in total. The lowest BCUT2D eigenvalue weighted by atomic mass is 9.81. The summed E-state index contributed by atoms with van der Waals surface area (Å²) >= 11 is 0. The minimum atomic E-state index is -0.309. The number of anilines is 3. The topological polar surface area (TPSA) is 16.4 Å². The van der Waals surface area contributed by atoms with Crippen LogP contribution >= 0.6 is 0 Å². The van der Waals surface area contributed by atoms with Gasteiger partial charge in [-0.1, -0.05) is 179 Å². The SMILES string of the molecule is CC1(C)c2ccccc2-c2ccc(N(c3ccc(-c4ccccc4)cc3)c3ccc4c(c3)C(C)(C)c3cc5oc6ccccc6c5c(-c5ccc(-c6ccccc6)cc5)c3-4)cc21. The molecule has 1 aromatic heterocycles. The second-order valence-corrected chi connectivity index (χ2v) is 18.1. The Kier molecular flexibility index (Phi) is 7.96. The van der Waals surface area contributed by atoms with Crippen molar-refractivity contribution in [3.8, 4) is 55.6 Å². The van der Waals surface area contributed by atoms with Crippen LogP contribution in [0.25, 0.3) is 77.6 Å². The highest BCUT2D eigenvalue weighted by Crippen LogP contribution is 2.57. The smallest absolute Gasteiger partial charge is 0.136 e. The van der Waals surface area contributed by atoms with Gasteiger partial charge in [0.25, 0.3) is 0 Å². The summed E-state index contributed by atoms with van der Waals surface area (Å²) < 4.78 is 6.71. The minimum absolute atomic E-state index is 0.122. The molecule has 2 heteroatoms. The van der Waals surface area contributed by atoms with E-state index in [1.54, 1.807) is 0 Å². The molecule has 0 atom stereocenters. The standard InChI is InChI=1S/C60H45NO/c1-59(2)50-21-13-11-19-46(50)47-33-31-44(35-51(47)59)61(43-29-27-41(28-30-43)39-17-9-6-10-18-39)45-32-34-48-52(36-45)60(3,4)53-37-55-58(49-20-12-14-22-54(49)62-55)56(57(48)53)42-25-23-40(24-26-42)38-15-7-5-8-16-38/h5-37H,1-4H3. The highest BCUT2D eigenvalue weighted by atomic mass is 16.3. The van der Waals surface area contributed by atoms with Crippen LogP contribution in [0.5, 0.6) is 0 Å². The molecular formula is C60H45NO. The van der Waals surface area contributed by atoms with Gasteiger partial charge in [0.05, 0.1) is 0 Å². The lowest BCUT2D eigenvalue weighted by Crippen LogP contribution is -2.18. The average molecular weight is 796 g/mol. The van der Waals surface area contributed by atoms with Crippen LogP contribution in [0.3, 0.4) is 0 Å². The Morgan fingerprint density at radius 1 is 0.339 bits per heavy atom. The molecule has 0 amide bonds. The van der Waals surface area contributed by atoms with E-state index in [4.69, 9.17) is 4.42 Å². The largest absolute Gasteiger partial charge is 0.456 e. The van der Waals surface area contributed by atoms with Gasteiger partial charge < -0.3 is 9.32 Å². The van der Waals surface area contributed by atoms with Gasteiger partial charge in [0.1, 0.15) is 11.2 Å². The summed E-state index contributed by atoms with van der Waals surface area (Å²) in [6.07, 6.45) is 0. The van der Waals surface area contributed by atoms with Crippen LogP contribution in [0.15, 0.2) is 205 Å². The van der Waals surface area contributed by atoms with Crippen molar-refractivity contribution in [3.63, 3.8) is 0 Å². The molecule has 9 aromatic carbocycles. The van der Waals surface area contributed by atoms with Gasteiger partial charge in [-0.05, 0) is 121 Å². The maximum Gasteiger partial charge on any atom is 0.136 e. The van der Waals surface area contributed by atoms with Gasteiger partial charge in [-0.25, -0.2) is 0 Å². The van der Waals surface area contributed by atoms with Crippen LogP contribution in [-0.4, -0.2) is 0 Å². The van der Waals surface area contributed by atoms with E-state index < -0.39 is 0 Å². The van der Waals surface area contributed by atoms with E-state index >= 15 is 0 Å². The normalized spacial score (nSPS) is 14.1. The van der Waals surface area contributed by atoms with E-state index in [1.165, 1.54) is 83.3 Å². The van der Waals surface area contributed by atoms with E-state index in [2.05, 4.69) is 233 Å². The van der Waals surface area contributed by atoms with Gasteiger partial charge in [-0.3, -0.25) is 0 Å². The molecule has 0 saturated heterocycles. The zero-order valence-corrected chi connectivity index (χ0v) is 35.4. The van der Waals surface area contributed by atoms with Crippen molar-refractivity contribution < 1.29 is 4.42 Å². The summed E-state index contributed by atoms with van der Waals surface area (Å²) in [5, 5.41) is 2.31. The zero-order chi connectivity index (χ0) is 41.7. The Morgan fingerprint density at radius 2 is 0.823 bits per heavy atom. The molecule has 62 heavy (non-hydrogen) atoms. The number of fused-ring (bicyclic) bond motifs is 9. The molecule has 0 radical (unpaired) electrons. The summed E-state index contributed by atoms with van der Waals surface area (Å²) in [6, 6.07) is 73.4. The predicted molar refractivity (Wildman–Crippen MR) is 260 cm³/mol. The molecule has 2 aliphatic rings. The van der Waals surface area contributed by atoms with Gasteiger partial charge in [-0.15, -0.1) is 0 Å². The monoisotopic (exact) mass is 795 g/mol. The fraction of sp³-hybridized carbons (Fsp3) is 0.100. The van der Waals surface area contributed by atoms with Crippen molar-refractivity contribution >= 4 is 39.0 Å². The second kappa shape index (κ2) is 13.5. The molecule has 10 aromatic rings. The van der Waals surface area contributed by atoms with Crippen molar-refractivity contribution in [1.29, 1.82) is 0 Å². The molecule has 0 spiro atoms. The number of benzene rings is 9. The molecule has 0 saturated carbocycles. The quantitative estimate of drug-likeness (QED) is 0.167. The number of nitrogens with zero attached hydrogens (tertiary/aromatic N) is 1. The summed E-state index contributed by atoms with van der Waals surface area (Å²) in [7, 11) is 0. The summed E-state index contributed by atoms with van der Waals surface area (Å²) in [5.41, 5.74) is 22.6. The number of rotatable bonds is 6. The third-order valence-corrected chi connectivity index (χ3v) is 13.9. The lowest BCUT2D eigenvalue weighted by Gasteiger charge is -2.30. The third-order valence-electron chi connectivity index (χ3n) is 13.9. The Morgan fingerprint density at radius 3 is 1.50 bits per heavy atom. The van der Waals surface area contributed by atoms with Crippen molar-refractivity contribution in [2.24, 2.45) is 0 Å².